The van der Waals surface area contributed by atoms with E-state index in [-0.39, 0.29) is 6.10 Å². The zero-order valence-electron chi connectivity index (χ0n) is 15.5. The SMILES string of the molecule is CN1CCC[C@@H](OC(=O)C(NC(=O)OC(C)(C)C)c2ccccc2)C1. The van der Waals surface area contributed by atoms with Crippen LogP contribution in [0.3, 0.4) is 0 Å². The quantitative estimate of drug-likeness (QED) is 0.848. The number of hydrogen-bond donors (Lipinski definition) is 1. The number of alkyl carbamates (subject to hydrolysis) is 1. The molecule has 1 aromatic carbocycles. The molecule has 6 heteroatoms. The highest BCUT2D eigenvalue weighted by molar-refractivity contribution is 5.83. The summed E-state index contributed by atoms with van der Waals surface area (Å²) in [5.41, 5.74) is 0.0314. The maximum Gasteiger partial charge on any atom is 0.408 e. The normalized spacial score (nSPS) is 19.8. The predicted octanol–water partition coefficient (Wildman–Crippen LogP) is 2.89. The van der Waals surface area contributed by atoms with Crippen LogP contribution in [0.15, 0.2) is 30.3 Å². The van der Waals surface area contributed by atoms with E-state index in [9.17, 15) is 9.59 Å². The third-order valence-electron chi connectivity index (χ3n) is 3.89. The zero-order valence-corrected chi connectivity index (χ0v) is 15.5. The minimum atomic E-state index is -0.886. The molecule has 1 fully saturated rings. The van der Waals surface area contributed by atoms with Crippen molar-refractivity contribution in [3.63, 3.8) is 0 Å². The van der Waals surface area contributed by atoms with E-state index < -0.39 is 23.7 Å². The Morgan fingerprint density at radius 2 is 1.92 bits per heavy atom. The van der Waals surface area contributed by atoms with E-state index in [1.54, 1.807) is 32.9 Å². The number of nitrogens with zero attached hydrogens (tertiary/aromatic N) is 1. The van der Waals surface area contributed by atoms with Crippen molar-refractivity contribution in [2.24, 2.45) is 0 Å². The lowest BCUT2D eigenvalue weighted by molar-refractivity contribution is -0.154. The van der Waals surface area contributed by atoms with E-state index in [0.717, 1.165) is 19.4 Å². The number of esters is 1. The van der Waals surface area contributed by atoms with Crippen molar-refractivity contribution in [3.8, 4) is 0 Å². The highest BCUT2D eigenvalue weighted by Gasteiger charge is 2.30. The van der Waals surface area contributed by atoms with Gasteiger partial charge in [-0.05, 0) is 52.8 Å². The second-order valence-corrected chi connectivity index (χ2v) is 7.45. The first-order valence-electron chi connectivity index (χ1n) is 8.68. The van der Waals surface area contributed by atoms with E-state index in [4.69, 9.17) is 9.47 Å². The molecule has 138 valence electrons. The van der Waals surface area contributed by atoms with Crippen molar-refractivity contribution in [1.29, 1.82) is 0 Å². The summed E-state index contributed by atoms with van der Waals surface area (Å²) >= 11 is 0. The van der Waals surface area contributed by atoms with Crippen LogP contribution < -0.4 is 5.32 Å². The van der Waals surface area contributed by atoms with Gasteiger partial charge in [0, 0.05) is 6.54 Å². The molecule has 1 amide bonds. The third kappa shape index (κ3) is 6.38. The molecule has 1 aliphatic heterocycles. The van der Waals surface area contributed by atoms with E-state index in [1.807, 2.05) is 25.2 Å². The van der Waals surface area contributed by atoms with Gasteiger partial charge >= 0.3 is 12.1 Å². The average molecular weight is 348 g/mol. The highest BCUT2D eigenvalue weighted by Crippen LogP contribution is 2.19. The summed E-state index contributed by atoms with van der Waals surface area (Å²) in [6.07, 6.45) is 1.03. The summed E-state index contributed by atoms with van der Waals surface area (Å²) in [6, 6.07) is 8.19. The van der Waals surface area contributed by atoms with Crippen molar-refractivity contribution in [1.82, 2.24) is 10.2 Å². The first kappa shape index (κ1) is 19.2. The number of ether oxygens (including phenoxy) is 2. The Bertz CT molecular complexity index is 583. The van der Waals surface area contributed by atoms with E-state index >= 15 is 0 Å². The summed E-state index contributed by atoms with van der Waals surface area (Å²) in [5, 5.41) is 2.64. The van der Waals surface area contributed by atoms with Crippen molar-refractivity contribution < 1.29 is 19.1 Å². The predicted molar refractivity (Wildman–Crippen MR) is 95.2 cm³/mol. The van der Waals surface area contributed by atoms with Crippen LogP contribution in [0.5, 0.6) is 0 Å². The largest absolute Gasteiger partial charge is 0.459 e. The first-order valence-corrected chi connectivity index (χ1v) is 8.68. The lowest BCUT2D eigenvalue weighted by Gasteiger charge is -2.30. The van der Waals surface area contributed by atoms with Crippen molar-refractivity contribution >= 4 is 12.1 Å². The molecule has 1 aromatic rings. The average Bonchev–Trinajstić information content (AvgIpc) is 2.51. The summed E-state index contributed by atoms with van der Waals surface area (Å²) < 4.78 is 10.9. The molecular formula is C19H28N2O4. The number of piperidine rings is 1. The minimum absolute atomic E-state index is 0.155. The Balaban J connectivity index is 2.08. The lowest BCUT2D eigenvalue weighted by atomic mass is 10.1. The number of rotatable bonds is 4. The van der Waals surface area contributed by atoms with Crippen LogP contribution in [-0.2, 0) is 14.3 Å². The molecule has 1 unspecified atom stereocenters. The van der Waals surface area contributed by atoms with Crippen LogP contribution in [0.2, 0.25) is 0 Å². The van der Waals surface area contributed by atoms with E-state index in [0.29, 0.717) is 12.1 Å². The number of carbonyl (C=O) groups excluding carboxylic acids is 2. The molecule has 1 saturated heterocycles. The topological polar surface area (TPSA) is 67.9 Å². The summed E-state index contributed by atoms with van der Waals surface area (Å²) in [5.74, 6) is -0.461. The third-order valence-corrected chi connectivity index (χ3v) is 3.89. The summed E-state index contributed by atoms with van der Waals surface area (Å²) in [7, 11) is 2.01. The summed E-state index contributed by atoms with van der Waals surface area (Å²) in [6.45, 7) is 7.05. The Morgan fingerprint density at radius 3 is 2.52 bits per heavy atom. The molecule has 0 aliphatic carbocycles. The molecule has 0 spiro atoms. The molecule has 0 saturated carbocycles. The van der Waals surface area contributed by atoms with Gasteiger partial charge in [-0.25, -0.2) is 9.59 Å². The molecule has 6 nitrogen and oxygen atoms in total. The Morgan fingerprint density at radius 1 is 1.24 bits per heavy atom. The maximum absolute atomic E-state index is 12.7. The second-order valence-electron chi connectivity index (χ2n) is 7.45. The minimum Gasteiger partial charge on any atom is -0.459 e. The highest BCUT2D eigenvalue weighted by atomic mass is 16.6. The van der Waals surface area contributed by atoms with Gasteiger partial charge in [-0.15, -0.1) is 0 Å². The molecule has 0 radical (unpaired) electrons. The van der Waals surface area contributed by atoms with Crippen LogP contribution in [-0.4, -0.2) is 48.8 Å². The lowest BCUT2D eigenvalue weighted by Crippen LogP contribution is -2.42. The van der Waals surface area contributed by atoms with E-state index in [1.165, 1.54) is 0 Å². The van der Waals surface area contributed by atoms with Gasteiger partial charge in [0.1, 0.15) is 11.7 Å². The Kier molecular flexibility index (Phi) is 6.42. The van der Waals surface area contributed by atoms with Crippen LogP contribution >= 0.6 is 0 Å². The number of benzene rings is 1. The Hall–Kier alpha value is -2.08. The number of carbonyl (C=O) groups is 2. The smallest absolute Gasteiger partial charge is 0.408 e. The number of amides is 1. The molecular weight excluding hydrogens is 320 g/mol. The number of likely N-dealkylation sites (N-methyl/N-ethyl adjacent to an activating group) is 1. The van der Waals surface area contributed by atoms with Crippen LogP contribution in [0.1, 0.15) is 45.2 Å². The molecule has 1 aliphatic rings. The number of nitrogens with one attached hydrogen (secondary N) is 1. The van der Waals surface area contributed by atoms with Gasteiger partial charge < -0.3 is 19.7 Å². The molecule has 25 heavy (non-hydrogen) atoms. The molecule has 1 N–H and O–H groups in total. The van der Waals surface area contributed by atoms with Crippen molar-refractivity contribution in [2.75, 3.05) is 20.1 Å². The van der Waals surface area contributed by atoms with Crippen molar-refractivity contribution in [3.05, 3.63) is 35.9 Å². The van der Waals surface area contributed by atoms with Gasteiger partial charge in [0.25, 0.3) is 0 Å². The van der Waals surface area contributed by atoms with Gasteiger partial charge in [0.15, 0.2) is 6.04 Å². The number of hydrogen-bond acceptors (Lipinski definition) is 5. The summed E-state index contributed by atoms with van der Waals surface area (Å²) in [4.78, 5) is 27.0. The fourth-order valence-electron chi connectivity index (χ4n) is 2.80. The monoisotopic (exact) mass is 348 g/mol. The van der Waals surface area contributed by atoms with Gasteiger partial charge in [0.2, 0.25) is 0 Å². The molecule has 1 heterocycles. The standard InChI is InChI=1S/C19H28N2O4/c1-19(2,3)25-18(23)20-16(14-9-6-5-7-10-14)17(22)24-15-11-8-12-21(4)13-15/h5-7,9-10,15-16H,8,11-13H2,1-4H3,(H,20,23)/t15-,16?/m1/s1. The van der Waals surface area contributed by atoms with Crippen LogP contribution in [0.25, 0.3) is 0 Å². The second kappa shape index (κ2) is 8.34. The molecule has 0 bridgehead atoms. The van der Waals surface area contributed by atoms with E-state index in [2.05, 4.69) is 10.2 Å². The first-order chi connectivity index (χ1) is 11.7. The van der Waals surface area contributed by atoms with Gasteiger partial charge in [-0.2, -0.15) is 0 Å². The molecule has 2 rings (SSSR count). The van der Waals surface area contributed by atoms with Gasteiger partial charge in [0.05, 0.1) is 0 Å². The van der Waals surface area contributed by atoms with Crippen molar-refractivity contribution in [2.45, 2.75) is 51.4 Å². The molecule has 0 aromatic heterocycles. The zero-order chi connectivity index (χ0) is 18.4. The maximum atomic E-state index is 12.7. The van der Waals surface area contributed by atoms with Gasteiger partial charge in [-0.3, -0.25) is 0 Å². The van der Waals surface area contributed by atoms with Gasteiger partial charge in [-0.1, -0.05) is 30.3 Å². The fourth-order valence-corrected chi connectivity index (χ4v) is 2.80. The Labute approximate surface area is 149 Å². The van der Waals surface area contributed by atoms with Crippen LogP contribution in [0, 0.1) is 0 Å². The fraction of sp³-hybridized carbons (Fsp3) is 0.579. The molecule has 2 atom stereocenters. The number of likely N-dealkylation sites (tertiary alicyclic amines) is 1. The van der Waals surface area contributed by atoms with Crippen LogP contribution in [0.4, 0.5) is 4.79 Å².